The molecule has 1 aromatic heterocycles. The van der Waals surface area contributed by atoms with Gasteiger partial charge < -0.3 is 9.84 Å². The van der Waals surface area contributed by atoms with Crippen LogP contribution in [0.1, 0.15) is 67.6 Å². The van der Waals surface area contributed by atoms with Crippen LogP contribution < -0.4 is 0 Å². The number of carboxylic acid groups (broad SMARTS) is 1. The minimum absolute atomic E-state index is 0.273. The van der Waals surface area contributed by atoms with Crippen LogP contribution in [0.3, 0.4) is 0 Å². The van der Waals surface area contributed by atoms with E-state index in [0.29, 0.717) is 24.4 Å². The van der Waals surface area contributed by atoms with Crippen LogP contribution in [-0.2, 0) is 27.2 Å². The predicted molar refractivity (Wildman–Crippen MR) is 91.5 cm³/mol. The first kappa shape index (κ1) is 20.7. The second-order valence-corrected chi connectivity index (χ2v) is 5.89. The molecule has 1 atom stereocenters. The number of ether oxygens (including phenoxy) is 1. The number of carbonyl (C=O) groups is 3. The van der Waals surface area contributed by atoms with Crippen LogP contribution in [0.2, 0.25) is 0 Å². The lowest BCUT2D eigenvalue weighted by Crippen LogP contribution is -2.19. The van der Waals surface area contributed by atoms with E-state index in [1.165, 1.54) is 13.3 Å². The summed E-state index contributed by atoms with van der Waals surface area (Å²) in [5.41, 5.74) is 3.08. The van der Waals surface area contributed by atoms with E-state index in [1.54, 1.807) is 13.8 Å². The average molecular weight is 350 g/mol. The minimum Gasteiger partial charge on any atom is -0.481 e. The van der Waals surface area contributed by atoms with Gasteiger partial charge in [-0.05, 0) is 52.9 Å². The van der Waals surface area contributed by atoms with Gasteiger partial charge in [-0.2, -0.15) is 0 Å². The minimum atomic E-state index is -1.02. The summed E-state index contributed by atoms with van der Waals surface area (Å²) in [5.74, 6) is -2.46. The lowest BCUT2D eigenvalue weighted by Gasteiger charge is -2.15. The van der Waals surface area contributed by atoms with Gasteiger partial charge in [0.1, 0.15) is 11.7 Å². The van der Waals surface area contributed by atoms with Crippen molar-refractivity contribution < 1.29 is 24.2 Å². The monoisotopic (exact) mass is 350 g/mol. The van der Waals surface area contributed by atoms with Gasteiger partial charge in [0.05, 0.1) is 23.7 Å². The van der Waals surface area contributed by atoms with Gasteiger partial charge in [0.15, 0.2) is 5.69 Å². The van der Waals surface area contributed by atoms with Crippen molar-refractivity contribution in [1.82, 2.24) is 9.97 Å². The van der Waals surface area contributed by atoms with Crippen molar-refractivity contribution in [3.05, 3.63) is 22.8 Å². The van der Waals surface area contributed by atoms with Crippen molar-refractivity contribution in [1.29, 1.82) is 0 Å². The number of fused-ring (bicyclic) bond motifs is 1. The topological polar surface area (TPSA) is 106 Å². The van der Waals surface area contributed by atoms with E-state index in [9.17, 15) is 14.4 Å². The Morgan fingerprint density at radius 1 is 1.12 bits per heavy atom. The second kappa shape index (κ2) is 9.86. The molecule has 2 rings (SSSR count). The van der Waals surface area contributed by atoms with E-state index in [1.807, 2.05) is 6.92 Å². The summed E-state index contributed by atoms with van der Waals surface area (Å²) in [6.07, 6.45) is 4.58. The molecule has 0 aromatic carbocycles. The lowest BCUT2D eigenvalue weighted by atomic mass is 10.00. The molecule has 25 heavy (non-hydrogen) atoms. The van der Waals surface area contributed by atoms with Gasteiger partial charge in [-0.25, -0.2) is 9.78 Å². The normalized spacial score (nSPS) is 13.8. The van der Waals surface area contributed by atoms with Gasteiger partial charge in [-0.1, -0.05) is 6.92 Å². The summed E-state index contributed by atoms with van der Waals surface area (Å²) >= 11 is 0. The molecule has 0 spiro atoms. The first-order chi connectivity index (χ1) is 11.8. The maximum atomic E-state index is 11.6. The molecule has 0 aliphatic heterocycles. The molecular formula is C18H26N2O5. The fourth-order valence-corrected chi connectivity index (χ4v) is 2.61. The number of hydrogen-bond acceptors (Lipinski definition) is 6. The Morgan fingerprint density at radius 3 is 2.08 bits per heavy atom. The smallest absolute Gasteiger partial charge is 0.358 e. The highest BCUT2D eigenvalue weighted by Crippen LogP contribution is 2.19. The molecule has 1 unspecified atom stereocenters. The predicted octanol–water partition coefficient (Wildman–Crippen LogP) is 2.53. The fourth-order valence-electron chi connectivity index (χ4n) is 2.61. The second-order valence-electron chi connectivity index (χ2n) is 5.89. The molecule has 0 fully saturated rings. The molecule has 1 aromatic rings. The molecule has 1 heterocycles. The Hall–Kier alpha value is -2.31. The van der Waals surface area contributed by atoms with E-state index in [2.05, 4.69) is 9.97 Å². The van der Waals surface area contributed by atoms with Crippen molar-refractivity contribution in [2.24, 2.45) is 5.92 Å². The molecule has 0 amide bonds. The summed E-state index contributed by atoms with van der Waals surface area (Å²) in [4.78, 5) is 41.1. The third kappa shape index (κ3) is 5.92. The van der Waals surface area contributed by atoms with E-state index in [0.717, 1.165) is 30.7 Å². The molecule has 1 aliphatic carbocycles. The molecule has 138 valence electrons. The van der Waals surface area contributed by atoms with Crippen LogP contribution in [0.25, 0.3) is 0 Å². The van der Waals surface area contributed by atoms with Gasteiger partial charge in [0.2, 0.25) is 0 Å². The van der Waals surface area contributed by atoms with E-state index in [-0.39, 0.29) is 11.8 Å². The largest absolute Gasteiger partial charge is 0.481 e. The van der Waals surface area contributed by atoms with Crippen LogP contribution >= 0.6 is 0 Å². The number of nitrogens with zero attached hydrogens (tertiary/aromatic N) is 2. The Balaban J connectivity index is 0.000000299. The molecule has 0 saturated carbocycles. The summed E-state index contributed by atoms with van der Waals surface area (Å²) < 4.78 is 4.96. The van der Waals surface area contributed by atoms with Gasteiger partial charge in [-0.15, -0.1) is 0 Å². The standard InChI is InChI=1S/C12H16N2O2.C6H10O3/c1-3-16-12(15)11-8(2)13-9-6-4-5-7-10(9)14-11;1-3-5(4(2)7)6(8)9/h3-7H2,1-2H3;5H,3H2,1-2H3,(H,8,9). The number of rotatable bonds is 5. The third-order valence-corrected chi connectivity index (χ3v) is 3.97. The quantitative estimate of drug-likeness (QED) is 0.642. The summed E-state index contributed by atoms with van der Waals surface area (Å²) in [6, 6.07) is 0. The third-order valence-electron chi connectivity index (χ3n) is 3.97. The molecule has 7 nitrogen and oxygen atoms in total. The summed E-state index contributed by atoms with van der Waals surface area (Å²) in [7, 11) is 0. The number of hydrogen-bond donors (Lipinski definition) is 1. The Morgan fingerprint density at radius 2 is 1.68 bits per heavy atom. The number of carboxylic acids is 1. The number of Topliss-reactive ketones (excluding diaryl/α,β-unsaturated/α-hetero) is 1. The zero-order valence-electron chi connectivity index (χ0n) is 15.3. The van der Waals surface area contributed by atoms with Crippen molar-refractivity contribution in [2.75, 3.05) is 6.61 Å². The Labute approximate surface area is 147 Å². The zero-order valence-corrected chi connectivity index (χ0v) is 15.3. The van der Waals surface area contributed by atoms with E-state index < -0.39 is 11.9 Å². The lowest BCUT2D eigenvalue weighted by molar-refractivity contribution is -0.145. The van der Waals surface area contributed by atoms with Crippen LogP contribution in [0.4, 0.5) is 0 Å². The van der Waals surface area contributed by atoms with Crippen LogP contribution in [0.5, 0.6) is 0 Å². The highest BCUT2D eigenvalue weighted by atomic mass is 16.5. The Kier molecular flexibility index (Phi) is 8.18. The highest BCUT2D eigenvalue weighted by Gasteiger charge is 2.20. The average Bonchev–Trinajstić information content (AvgIpc) is 2.54. The number of carbonyl (C=O) groups excluding carboxylic acids is 2. The number of aromatic nitrogens is 2. The first-order valence-electron chi connectivity index (χ1n) is 8.58. The van der Waals surface area contributed by atoms with Crippen LogP contribution in [0, 0.1) is 12.8 Å². The van der Waals surface area contributed by atoms with Crippen LogP contribution in [-0.4, -0.2) is 39.4 Å². The Bertz CT molecular complexity index is 629. The zero-order chi connectivity index (χ0) is 19.0. The van der Waals surface area contributed by atoms with E-state index in [4.69, 9.17) is 9.84 Å². The molecule has 1 N–H and O–H groups in total. The molecular weight excluding hydrogens is 324 g/mol. The molecule has 1 aliphatic rings. The van der Waals surface area contributed by atoms with Gasteiger partial charge in [-0.3, -0.25) is 14.6 Å². The maximum absolute atomic E-state index is 11.6. The molecule has 0 saturated heterocycles. The van der Waals surface area contributed by atoms with E-state index >= 15 is 0 Å². The van der Waals surface area contributed by atoms with Crippen molar-refractivity contribution in [3.63, 3.8) is 0 Å². The maximum Gasteiger partial charge on any atom is 0.358 e. The van der Waals surface area contributed by atoms with Gasteiger partial charge >= 0.3 is 11.9 Å². The van der Waals surface area contributed by atoms with Gasteiger partial charge in [0, 0.05) is 0 Å². The SMILES string of the molecule is CCC(C(C)=O)C(=O)O.CCOC(=O)c1nc2c(nc1C)CCCC2. The summed E-state index contributed by atoms with van der Waals surface area (Å²) in [5, 5.41) is 8.32. The number of esters is 1. The number of aliphatic carboxylic acids is 1. The number of aryl methyl sites for hydroxylation is 3. The highest BCUT2D eigenvalue weighted by molar-refractivity contribution is 5.96. The molecule has 0 bridgehead atoms. The fraction of sp³-hybridized carbons (Fsp3) is 0.611. The van der Waals surface area contributed by atoms with Crippen molar-refractivity contribution >= 4 is 17.7 Å². The summed E-state index contributed by atoms with van der Waals surface area (Å²) in [6.45, 7) is 6.95. The molecule has 0 radical (unpaired) electrons. The first-order valence-corrected chi connectivity index (χ1v) is 8.58. The van der Waals surface area contributed by atoms with Crippen LogP contribution in [0.15, 0.2) is 0 Å². The number of ketones is 1. The van der Waals surface area contributed by atoms with Crippen molar-refractivity contribution in [3.8, 4) is 0 Å². The van der Waals surface area contributed by atoms with Gasteiger partial charge in [0.25, 0.3) is 0 Å². The van der Waals surface area contributed by atoms with Crippen molar-refractivity contribution in [2.45, 2.75) is 59.8 Å². The molecule has 7 heteroatoms.